The van der Waals surface area contributed by atoms with E-state index < -0.39 is 0 Å². The summed E-state index contributed by atoms with van der Waals surface area (Å²) in [5, 5.41) is 17.1. The van der Waals surface area contributed by atoms with Gasteiger partial charge in [-0.25, -0.2) is 4.98 Å². The van der Waals surface area contributed by atoms with E-state index in [9.17, 15) is 0 Å². The van der Waals surface area contributed by atoms with Gasteiger partial charge in [-0.05, 0) is 89.5 Å². The SMILES string of the molecule is CNC.Cc1c(Oc2ccc(C#N)cn2)ccc2c(CCC3CCN(Cc4ccccc4)CC3)noc12. The molecular weight excluding hydrogens is 462 g/mol. The van der Waals surface area contributed by atoms with Crippen molar-refractivity contribution in [3.05, 3.63) is 83.2 Å². The topological polar surface area (TPSA) is 87.2 Å². The van der Waals surface area contributed by atoms with Gasteiger partial charge in [0, 0.05) is 29.8 Å². The molecule has 4 aromatic rings. The number of likely N-dealkylation sites (tertiary alicyclic amines) is 1. The number of benzene rings is 2. The van der Waals surface area contributed by atoms with E-state index in [0.717, 1.165) is 60.6 Å². The zero-order valence-electron chi connectivity index (χ0n) is 21.9. The second-order valence-electron chi connectivity index (χ2n) is 9.54. The number of nitriles is 1. The predicted octanol–water partition coefficient (Wildman–Crippen LogP) is 5.88. The molecule has 1 aliphatic rings. The zero-order valence-corrected chi connectivity index (χ0v) is 21.9. The molecule has 5 rings (SSSR count). The van der Waals surface area contributed by atoms with Crippen LogP contribution in [0, 0.1) is 24.2 Å². The Hall–Kier alpha value is -3.73. The van der Waals surface area contributed by atoms with Gasteiger partial charge in [-0.15, -0.1) is 0 Å². The Labute approximate surface area is 219 Å². The number of ether oxygens (including phenoxy) is 1. The van der Waals surface area contributed by atoms with Gasteiger partial charge >= 0.3 is 0 Å². The van der Waals surface area contributed by atoms with E-state index in [0.29, 0.717) is 17.2 Å². The van der Waals surface area contributed by atoms with Crippen molar-refractivity contribution in [3.63, 3.8) is 0 Å². The number of aryl methyl sites for hydroxylation is 2. The maximum absolute atomic E-state index is 8.92. The lowest BCUT2D eigenvalue weighted by Crippen LogP contribution is -2.33. The number of hydrogen-bond acceptors (Lipinski definition) is 7. The van der Waals surface area contributed by atoms with Gasteiger partial charge in [0.1, 0.15) is 11.8 Å². The second-order valence-corrected chi connectivity index (χ2v) is 9.54. The van der Waals surface area contributed by atoms with Crippen LogP contribution in [0.2, 0.25) is 0 Å². The van der Waals surface area contributed by atoms with Gasteiger partial charge in [-0.2, -0.15) is 5.26 Å². The van der Waals surface area contributed by atoms with Gasteiger partial charge in [0.25, 0.3) is 0 Å². The molecule has 7 heteroatoms. The van der Waals surface area contributed by atoms with Gasteiger partial charge in [-0.3, -0.25) is 4.90 Å². The fraction of sp³-hybridized carbons (Fsp3) is 0.367. The molecule has 0 amide bonds. The third kappa shape index (κ3) is 6.94. The number of nitrogens with zero attached hydrogens (tertiary/aromatic N) is 4. The lowest BCUT2D eigenvalue weighted by Gasteiger charge is -2.31. The van der Waals surface area contributed by atoms with Crippen molar-refractivity contribution < 1.29 is 9.26 Å². The van der Waals surface area contributed by atoms with Gasteiger partial charge < -0.3 is 14.6 Å². The van der Waals surface area contributed by atoms with Crippen molar-refractivity contribution in [2.24, 2.45) is 5.92 Å². The normalized spacial score (nSPS) is 14.1. The second kappa shape index (κ2) is 13.0. The van der Waals surface area contributed by atoms with E-state index in [1.54, 1.807) is 12.1 Å². The highest BCUT2D eigenvalue weighted by atomic mass is 16.5. The lowest BCUT2D eigenvalue weighted by molar-refractivity contribution is 0.172. The maximum Gasteiger partial charge on any atom is 0.219 e. The monoisotopic (exact) mass is 497 g/mol. The Morgan fingerprint density at radius 1 is 1.08 bits per heavy atom. The standard InChI is InChI=1S/C28H28N4O2.C2H7N/c1-20-26(33-27-12-8-23(17-29)18-30-27)11-9-24-25(31-34-28(20)24)10-7-21-13-15-32(16-14-21)19-22-5-3-2-4-6-22;1-3-2/h2-6,8-9,11-12,18,21H,7,10,13-16,19H2,1H3;3H,1-2H3. The number of hydrogen-bond donors (Lipinski definition) is 1. The van der Waals surface area contributed by atoms with Crippen LogP contribution >= 0.6 is 0 Å². The average molecular weight is 498 g/mol. The molecule has 7 nitrogen and oxygen atoms in total. The average Bonchev–Trinajstić information content (AvgIpc) is 3.35. The fourth-order valence-corrected chi connectivity index (χ4v) is 4.69. The summed E-state index contributed by atoms with van der Waals surface area (Å²) < 4.78 is 11.6. The molecule has 37 heavy (non-hydrogen) atoms. The van der Waals surface area contributed by atoms with Crippen LogP contribution in [0.15, 0.2) is 65.3 Å². The summed E-state index contributed by atoms with van der Waals surface area (Å²) in [6.45, 7) is 5.33. The highest BCUT2D eigenvalue weighted by Crippen LogP contribution is 2.33. The number of rotatable bonds is 7. The van der Waals surface area contributed by atoms with Crippen molar-refractivity contribution >= 4 is 11.0 Å². The van der Waals surface area contributed by atoms with Gasteiger partial charge in [0.15, 0.2) is 5.58 Å². The largest absolute Gasteiger partial charge is 0.439 e. The molecule has 2 aromatic heterocycles. The molecule has 1 saturated heterocycles. The molecule has 0 unspecified atom stereocenters. The van der Waals surface area contributed by atoms with Crippen LogP contribution in [-0.2, 0) is 13.0 Å². The third-order valence-corrected chi connectivity index (χ3v) is 6.74. The summed E-state index contributed by atoms with van der Waals surface area (Å²) in [6, 6.07) is 20.1. The van der Waals surface area contributed by atoms with Crippen LogP contribution in [0.4, 0.5) is 0 Å². The zero-order chi connectivity index (χ0) is 26.0. The van der Waals surface area contributed by atoms with E-state index in [4.69, 9.17) is 14.5 Å². The minimum absolute atomic E-state index is 0.444. The molecule has 0 bridgehead atoms. The Morgan fingerprint density at radius 2 is 1.84 bits per heavy atom. The highest BCUT2D eigenvalue weighted by Gasteiger charge is 2.21. The summed E-state index contributed by atoms with van der Waals surface area (Å²) in [4.78, 5) is 6.75. The molecule has 0 aliphatic carbocycles. The molecule has 0 spiro atoms. The first-order valence-corrected chi connectivity index (χ1v) is 12.9. The lowest BCUT2D eigenvalue weighted by atomic mass is 9.91. The van der Waals surface area contributed by atoms with E-state index in [1.165, 1.54) is 24.6 Å². The number of fused-ring (bicyclic) bond motifs is 1. The Kier molecular flexibility index (Phi) is 9.25. The summed E-state index contributed by atoms with van der Waals surface area (Å²) in [5.74, 6) is 1.85. The first-order valence-electron chi connectivity index (χ1n) is 12.9. The van der Waals surface area contributed by atoms with Crippen LogP contribution in [0.1, 0.15) is 41.6 Å². The van der Waals surface area contributed by atoms with E-state index in [1.807, 2.05) is 33.2 Å². The fourth-order valence-electron chi connectivity index (χ4n) is 4.69. The summed E-state index contributed by atoms with van der Waals surface area (Å²) in [7, 11) is 3.75. The number of piperidine rings is 1. The maximum atomic E-state index is 8.92. The summed E-state index contributed by atoms with van der Waals surface area (Å²) >= 11 is 0. The van der Waals surface area contributed by atoms with Crippen molar-refractivity contribution in [3.8, 4) is 17.7 Å². The minimum Gasteiger partial charge on any atom is -0.439 e. The highest BCUT2D eigenvalue weighted by molar-refractivity contribution is 5.84. The molecule has 0 radical (unpaired) electrons. The molecule has 3 heterocycles. The Bertz CT molecular complexity index is 1300. The van der Waals surface area contributed by atoms with Crippen LogP contribution in [0.25, 0.3) is 11.0 Å². The smallest absolute Gasteiger partial charge is 0.219 e. The Balaban J connectivity index is 0.00000102. The van der Waals surface area contributed by atoms with E-state index in [-0.39, 0.29) is 0 Å². The number of nitrogens with one attached hydrogen (secondary N) is 1. The van der Waals surface area contributed by atoms with Crippen LogP contribution < -0.4 is 10.1 Å². The molecular formula is C30H35N5O2. The molecule has 192 valence electrons. The third-order valence-electron chi connectivity index (χ3n) is 6.74. The molecule has 0 saturated carbocycles. The summed E-state index contributed by atoms with van der Waals surface area (Å²) in [5.41, 5.74) is 4.58. The van der Waals surface area contributed by atoms with Crippen molar-refractivity contribution in [2.75, 3.05) is 27.2 Å². The van der Waals surface area contributed by atoms with Crippen molar-refractivity contribution in [1.29, 1.82) is 5.26 Å². The Morgan fingerprint density at radius 3 is 2.51 bits per heavy atom. The molecule has 1 N–H and O–H groups in total. The molecule has 1 fully saturated rings. The van der Waals surface area contributed by atoms with Crippen LogP contribution in [0.5, 0.6) is 11.6 Å². The van der Waals surface area contributed by atoms with Crippen LogP contribution in [0.3, 0.4) is 0 Å². The number of aromatic nitrogens is 2. The van der Waals surface area contributed by atoms with Gasteiger partial charge in [0.2, 0.25) is 5.88 Å². The molecule has 1 aliphatic heterocycles. The van der Waals surface area contributed by atoms with E-state index in [2.05, 4.69) is 56.8 Å². The minimum atomic E-state index is 0.444. The van der Waals surface area contributed by atoms with Crippen molar-refractivity contribution in [1.82, 2.24) is 20.4 Å². The van der Waals surface area contributed by atoms with Gasteiger partial charge in [0.05, 0.1) is 11.3 Å². The number of pyridine rings is 1. The summed E-state index contributed by atoms with van der Waals surface area (Å²) in [6.07, 6.45) is 6.02. The first-order chi connectivity index (χ1) is 18.1. The predicted molar refractivity (Wildman–Crippen MR) is 146 cm³/mol. The van der Waals surface area contributed by atoms with Crippen LogP contribution in [-0.4, -0.2) is 42.2 Å². The first kappa shape index (κ1) is 26.3. The molecule has 2 aromatic carbocycles. The quantitative estimate of drug-likeness (QED) is 0.341. The van der Waals surface area contributed by atoms with Crippen molar-refractivity contribution in [2.45, 2.75) is 39.2 Å². The van der Waals surface area contributed by atoms with E-state index >= 15 is 0 Å². The molecule has 0 atom stereocenters. The van der Waals surface area contributed by atoms with Gasteiger partial charge in [-0.1, -0.05) is 35.5 Å².